The smallest absolute Gasteiger partial charge is 0.146 e. The van der Waals surface area contributed by atoms with Crippen molar-refractivity contribution in [3.05, 3.63) is 30.3 Å². The Hall–Kier alpha value is -1.98. The molecule has 1 aromatic heterocycles. The van der Waals surface area contributed by atoms with Crippen molar-refractivity contribution in [2.24, 2.45) is 5.92 Å². The van der Waals surface area contributed by atoms with Crippen molar-refractivity contribution in [2.75, 3.05) is 5.32 Å². The number of benzene rings is 1. The average Bonchev–Trinajstić information content (AvgIpc) is 2.90. The van der Waals surface area contributed by atoms with E-state index in [0.717, 1.165) is 18.0 Å². The van der Waals surface area contributed by atoms with Crippen LogP contribution in [0.4, 0.5) is 10.1 Å². The van der Waals surface area contributed by atoms with E-state index in [2.05, 4.69) is 27.8 Å². The molecule has 1 heterocycles. The number of nitrogens with zero attached hydrogens (tertiary/aromatic N) is 4. The number of anilines is 1. The molecule has 0 amide bonds. The standard InChI is InChI=1S/C14H18FN5/c1-10(7-11-3-2-4-11)17-14-8-12(5-6-13(14)15)20-9-16-18-19-20/h5-6,8-11,17H,2-4,7H2,1H3. The van der Waals surface area contributed by atoms with Crippen LogP contribution in [0.15, 0.2) is 24.5 Å². The quantitative estimate of drug-likeness (QED) is 0.911. The van der Waals surface area contributed by atoms with Crippen LogP contribution in [0.1, 0.15) is 32.6 Å². The molecule has 0 radical (unpaired) electrons. The zero-order chi connectivity index (χ0) is 13.9. The van der Waals surface area contributed by atoms with Crippen molar-refractivity contribution >= 4 is 5.69 Å². The van der Waals surface area contributed by atoms with Crippen LogP contribution >= 0.6 is 0 Å². The zero-order valence-corrected chi connectivity index (χ0v) is 11.5. The lowest BCUT2D eigenvalue weighted by Crippen LogP contribution is -2.23. The first-order valence-electron chi connectivity index (χ1n) is 7.02. The summed E-state index contributed by atoms with van der Waals surface area (Å²) in [7, 11) is 0. The molecule has 1 atom stereocenters. The fourth-order valence-electron chi connectivity index (χ4n) is 2.60. The summed E-state index contributed by atoms with van der Waals surface area (Å²) >= 11 is 0. The van der Waals surface area contributed by atoms with E-state index >= 15 is 0 Å². The van der Waals surface area contributed by atoms with Crippen LogP contribution in [-0.2, 0) is 0 Å². The third kappa shape index (κ3) is 2.79. The van der Waals surface area contributed by atoms with Crippen molar-refractivity contribution < 1.29 is 4.39 Å². The van der Waals surface area contributed by atoms with Gasteiger partial charge in [0.05, 0.1) is 11.4 Å². The van der Waals surface area contributed by atoms with Crippen LogP contribution in [0.25, 0.3) is 5.69 Å². The van der Waals surface area contributed by atoms with Crippen LogP contribution in [0.2, 0.25) is 0 Å². The second kappa shape index (κ2) is 5.56. The third-order valence-electron chi connectivity index (χ3n) is 3.88. The Balaban J connectivity index is 1.72. The minimum Gasteiger partial charge on any atom is -0.380 e. The Kier molecular flexibility index (Phi) is 3.62. The number of hydrogen-bond donors (Lipinski definition) is 1. The van der Waals surface area contributed by atoms with E-state index in [9.17, 15) is 4.39 Å². The summed E-state index contributed by atoms with van der Waals surface area (Å²) < 4.78 is 15.4. The van der Waals surface area contributed by atoms with Gasteiger partial charge in [-0.2, -0.15) is 0 Å². The second-order valence-electron chi connectivity index (χ2n) is 5.50. The molecule has 1 saturated carbocycles. The van der Waals surface area contributed by atoms with Crippen molar-refractivity contribution in [2.45, 2.75) is 38.6 Å². The molecule has 5 nitrogen and oxygen atoms in total. The molecule has 1 aliphatic rings. The molecule has 1 aromatic carbocycles. The molecule has 20 heavy (non-hydrogen) atoms. The summed E-state index contributed by atoms with van der Waals surface area (Å²) in [4.78, 5) is 0. The summed E-state index contributed by atoms with van der Waals surface area (Å²) in [6.07, 6.45) is 6.53. The molecule has 106 valence electrons. The first-order chi connectivity index (χ1) is 9.72. The van der Waals surface area contributed by atoms with Crippen molar-refractivity contribution in [3.8, 4) is 5.69 Å². The molecule has 0 aliphatic heterocycles. The number of halogens is 1. The minimum atomic E-state index is -0.248. The third-order valence-corrected chi connectivity index (χ3v) is 3.88. The maximum atomic E-state index is 13.9. The van der Waals surface area contributed by atoms with Crippen LogP contribution in [-0.4, -0.2) is 26.2 Å². The molecule has 0 spiro atoms. The Morgan fingerprint density at radius 1 is 1.45 bits per heavy atom. The van der Waals surface area contributed by atoms with Crippen LogP contribution in [0, 0.1) is 11.7 Å². The van der Waals surface area contributed by atoms with Crippen molar-refractivity contribution in [3.63, 3.8) is 0 Å². The Bertz CT molecular complexity index is 565. The summed E-state index contributed by atoms with van der Waals surface area (Å²) in [6, 6.07) is 5.10. The van der Waals surface area contributed by atoms with Gasteiger partial charge in [-0.1, -0.05) is 19.3 Å². The lowest BCUT2D eigenvalue weighted by molar-refractivity contribution is 0.285. The number of nitrogens with one attached hydrogen (secondary N) is 1. The van der Waals surface area contributed by atoms with Crippen LogP contribution in [0.5, 0.6) is 0 Å². The predicted molar refractivity (Wildman–Crippen MR) is 74.2 cm³/mol. The first kappa shape index (κ1) is 13.0. The first-order valence-corrected chi connectivity index (χ1v) is 7.02. The molecule has 1 aliphatic carbocycles. The minimum absolute atomic E-state index is 0.248. The highest BCUT2D eigenvalue weighted by Crippen LogP contribution is 2.31. The summed E-state index contributed by atoms with van der Waals surface area (Å²) in [6.45, 7) is 2.10. The fraction of sp³-hybridized carbons (Fsp3) is 0.500. The summed E-state index contributed by atoms with van der Waals surface area (Å²) in [5.41, 5.74) is 1.25. The second-order valence-corrected chi connectivity index (χ2v) is 5.50. The molecule has 1 fully saturated rings. The van der Waals surface area contributed by atoms with E-state index in [4.69, 9.17) is 0 Å². The van der Waals surface area contributed by atoms with Gasteiger partial charge in [0.2, 0.25) is 0 Å². The molecule has 6 heteroatoms. The van der Waals surface area contributed by atoms with E-state index in [1.54, 1.807) is 12.1 Å². The maximum Gasteiger partial charge on any atom is 0.146 e. The highest BCUT2D eigenvalue weighted by molar-refractivity contribution is 5.52. The van der Waals surface area contributed by atoms with Gasteiger partial charge in [0, 0.05) is 6.04 Å². The fourth-order valence-corrected chi connectivity index (χ4v) is 2.60. The molecule has 0 saturated heterocycles. The number of hydrogen-bond acceptors (Lipinski definition) is 4. The van der Waals surface area contributed by atoms with Crippen LogP contribution in [0.3, 0.4) is 0 Å². The molecular weight excluding hydrogens is 257 g/mol. The molecule has 1 unspecified atom stereocenters. The highest BCUT2D eigenvalue weighted by atomic mass is 19.1. The molecule has 3 rings (SSSR count). The molecule has 0 bridgehead atoms. The average molecular weight is 275 g/mol. The van der Waals surface area contributed by atoms with Crippen molar-refractivity contribution in [1.82, 2.24) is 20.2 Å². The molecular formula is C14H18FN5. The Morgan fingerprint density at radius 3 is 2.95 bits per heavy atom. The lowest BCUT2D eigenvalue weighted by Gasteiger charge is -2.29. The Labute approximate surface area is 117 Å². The van der Waals surface area contributed by atoms with E-state index in [-0.39, 0.29) is 11.9 Å². The summed E-state index contributed by atoms with van der Waals surface area (Å²) in [5, 5.41) is 14.2. The zero-order valence-electron chi connectivity index (χ0n) is 11.5. The Morgan fingerprint density at radius 2 is 2.30 bits per heavy atom. The maximum absolute atomic E-state index is 13.9. The van der Waals surface area contributed by atoms with Gasteiger partial charge >= 0.3 is 0 Å². The van der Waals surface area contributed by atoms with Crippen molar-refractivity contribution in [1.29, 1.82) is 0 Å². The number of aromatic nitrogens is 4. The molecule has 1 N–H and O–H groups in total. The topological polar surface area (TPSA) is 55.6 Å². The number of rotatable bonds is 5. The SMILES string of the molecule is CC(CC1CCC1)Nc1cc(-n2cnnn2)ccc1F. The van der Waals surface area contributed by atoms with Gasteiger partial charge in [0.25, 0.3) is 0 Å². The monoisotopic (exact) mass is 275 g/mol. The van der Waals surface area contributed by atoms with Gasteiger partial charge in [0.1, 0.15) is 12.1 Å². The predicted octanol–water partition coefficient (Wildman–Crippen LogP) is 2.79. The van der Waals surface area contributed by atoms with E-state index in [1.807, 2.05) is 0 Å². The van der Waals surface area contributed by atoms with Gasteiger partial charge in [-0.3, -0.25) is 0 Å². The largest absolute Gasteiger partial charge is 0.380 e. The normalized spacial score (nSPS) is 16.7. The van der Waals surface area contributed by atoms with Gasteiger partial charge in [-0.15, -0.1) is 5.10 Å². The van der Waals surface area contributed by atoms with Crippen LogP contribution < -0.4 is 5.32 Å². The van der Waals surface area contributed by atoms with E-state index in [1.165, 1.54) is 36.3 Å². The van der Waals surface area contributed by atoms with Gasteiger partial charge in [-0.25, -0.2) is 9.07 Å². The summed E-state index contributed by atoms with van der Waals surface area (Å²) in [5.74, 6) is 0.547. The van der Waals surface area contributed by atoms with Gasteiger partial charge in [0.15, 0.2) is 0 Å². The molecule has 2 aromatic rings. The number of tetrazole rings is 1. The van der Waals surface area contributed by atoms with E-state index in [0.29, 0.717) is 5.69 Å². The van der Waals surface area contributed by atoms with E-state index < -0.39 is 0 Å². The van der Waals surface area contributed by atoms with Gasteiger partial charge in [-0.05, 0) is 47.9 Å². The van der Waals surface area contributed by atoms with Gasteiger partial charge < -0.3 is 5.32 Å². The highest BCUT2D eigenvalue weighted by Gasteiger charge is 2.20. The lowest BCUT2D eigenvalue weighted by atomic mass is 9.81.